The van der Waals surface area contributed by atoms with Gasteiger partial charge in [-0.15, -0.1) is 0 Å². The molecule has 0 radical (unpaired) electrons. The zero-order chi connectivity index (χ0) is 12.3. The van der Waals surface area contributed by atoms with E-state index in [1.165, 1.54) is 30.1 Å². The molecule has 5 nitrogen and oxygen atoms in total. The fourth-order valence-corrected chi connectivity index (χ4v) is 1.87. The standard InChI is InChI=1S/C9H10ClNO4S/c1-11(5-16(14)15)8-4-6(10)2-3-7(8)9(12)13/h2-4H,5H2,1H3,(H,12,13)(H,14,15). The molecule has 1 rings (SSSR count). The lowest BCUT2D eigenvalue weighted by Gasteiger charge is -2.19. The molecular weight excluding hydrogens is 254 g/mol. The normalized spacial score (nSPS) is 12.2. The number of rotatable bonds is 4. The molecule has 0 heterocycles. The lowest BCUT2D eigenvalue weighted by atomic mass is 10.1. The maximum Gasteiger partial charge on any atom is 0.337 e. The number of aromatic carboxylic acids is 1. The summed E-state index contributed by atoms with van der Waals surface area (Å²) in [6, 6.07) is 4.26. The van der Waals surface area contributed by atoms with E-state index in [0.29, 0.717) is 10.7 Å². The van der Waals surface area contributed by atoms with Crippen LogP contribution in [0.15, 0.2) is 18.2 Å². The van der Waals surface area contributed by atoms with E-state index in [9.17, 15) is 9.00 Å². The highest BCUT2D eigenvalue weighted by Gasteiger charge is 2.14. The van der Waals surface area contributed by atoms with Gasteiger partial charge in [-0.25, -0.2) is 9.00 Å². The van der Waals surface area contributed by atoms with Crippen molar-refractivity contribution >= 4 is 34.3 Å². The van der Waals surface area contributed by atoms with Crippen molar-refractivity contribution < 1.29 is 18.7 Å². The van der Waals surface area contributed by atoms with Gasteiger partial charge in [0, 0.05) is 12.1 Å². The van der Waals surface area contributed by atoms with Gasteiger partial charge < -0.3 is 14.6 Å². The first kappa shape index (κ1) is 13.0. The van der Waals surface area contributed by atoms with Gasteiger partial charge in [-0.2, -0.15) is 0 Å². The van der Waals surface area contributed by atoms with Crippen molar-refractivity contribution in [3.8, 4) is 0 Å². The minimum atomic E-state index is -2.03. The fourth-order valence-electron chi connectivity index (χ4n) is 1.24. The Morgan fingerprint density at radius 2 is 2.19 bits per heavy atom. The van der Waals surface area contributed by atoms with E-state index < -0.39 is 17.0 Å². The van der Waals surface area contributed by atoms with Gasteiger partial charge in [0.05, 0.1) is 11.3 Å². The molecule has 88 valence electrons. The highest BCUT2D eigenvalue weighted by atomic mass is 35.5. The van der Waals surface area contributed by atoms with Gasteiger partial charge in [-0.05, 0) is 18.2 Å². The molecule has 2 N–H and O–H groups in total. The smallest absolute Gasteiger partial charge is 0.337 e. The minimum absolute atomic E-state index is 0.0392. The number of nitrogens with zero attached hydrogens (tertiary/aromatic N) is 1. The Bertz CT molecular complexity index is 438. The van der Waals surface area contributed by atoms with Gasteiger partial charge in [0.1, 0.15) is 5.88 Å². The van der Waals surface area contributed by atoms with Crippen molar-refractivity contribution in [1.82, 2.24) is 0 Å². The third-order valence-electron chi connectivity index (χ3n) is 1.91. The number of carboxylic acid groups (broad SMARTS) is 1. The average molecular weight is 264 g/mol. The van der Waals surface area contributed by atoms with E-state index in [1.807, 2.05) is 0 Å². The topological polar surface area (TPSA) is 77.8 Å². The zero-order valence-electron chi connectivity index (χ0n) is 8.38. The van der Waals surface area contributed by atoms with Gasteiger partial charge in [-0.1, -0.05) is 11.6 Å². The summed E-state index contributed by atoms with van der Waals surface area (Å²) >= 11 is 3.71. The van der Waals surface area contributed by atoms with Crippen LogP contribution in [0.25, 0.3) is 0 Å². The molecule has 1 aromatic carbocycles. The van der Waals surface area contributed by atoms with Crippen LogP contribution in [0.4, 0.5) is 5.69 Å². The minimum Gasteiger partial charge on any atom is -0.478 e. The van der Waals surface area contributed by atoms with Crippen molar-refractivity contribution in [1.29, 1.82) is 0 Å². The van der Waals surface area contributed by atoms with E-state index in [2.05, 4.69) is 0 Å². The predicted octanol–water partition coefficient (Wildman–Crippen LogP) is 1.65. The Morgan fingerprint density at radius 1 is 1.56 bits per heavy atom. The SMILES string of the molecule is CN(CS(=O)O)c1cc(Cl)ccc1C(=O)O. The summed E-state index contributed by atoms with van der Waals surface area (Å²) in [6.45, 7) is 0. The van der Waals surface area contributed by atoms with Gasteiger partial charge >= 0.3 is 5.97 Å². The molecule has 0 saturated carbocycles. The monoisotopic (exact) mass is 263 g/mol. The molecule has 0 aliphatic heterocycles. The number of carbonyl (C=O) groups is 1. The van der Waals surface area contributed by atoms with Gasteiger partial charge in [0.2, 0.25) is 0 Å². The van der Waals surface area contributed by atoms with Crippen molar-refractivity contribution in [2.24, 2.45) is 0 Å². The van der Waals surface area contributed by atoms with Crippen molar-refractivity contribution in [3.63, 3.8) is 0 Å². The zero-order valence-corrected chi connectivity index (χ0v) is 9.96. The molecule has 1 unspecified atom stereocenters. The molecule has 1 atom stereocenters. The lowest BCUT2D eigenvalue weighted by molar-refractivity contribution is 0.0697. The second-order valence-electron chi connectivity index (χ2n) is 3.12. The predicted molar refractivity (Wildman–Crippen MR) is 62.5 cm³/mol. The second-order valence-corrected chi connectivity index (χ2v) is 4.45. The van der Waals surface area contributed by atoms with Crippen molar-refractivity contribution in [2.45, 2.75) is 0 Å². The molecule has 0 aliphatic rings. The summed E-state index contributed by atoms with van der Waals surface area (Å²) in [5, 5.41) is 9.30. The summed E-state index contributed by atoms with van der Waals surface area (Å²) in [5.41, 5.74) is 0.347. The van der Waals surface area contributed by atoms with E-state index in [0.717, 1.165) is 0 Å². The molecule has 0 spiro atoms. The molecule has 1 aromatic rings. The molecule has 0 aromatic heterocycles. The lowest BCUT2D eigenvalue weighted by Crippen LogP contribution is -2.23. The molecule has 0 bridgehead atoms. The molecule has 7 heteroatoms. The summed E-state index contributed by atoms with van der Waals surface area (Å²) in [4.78, 5) is 12.3. The van der Waals surface area contributed by atoms with Crippen LogP contribution in [-0.4, -0.2) is 32.8 Å². The number of carboxylic acids is 1. The Labute approximate surface area is 99.9 Å². The van der Waals surface area contributed by atoms with Crippen LogP contribution in [0.3, 0.4) is 0 Å². The highest BCUT2D eigenvalue weighted by Crippen LogP contribution is 2.24. The maximum atomic E-state index is 10.9. The third-order valence-corrected chi connectivity index (χ3v) is 2.75. The van der Waals surface area contributed by atoms with Gasteiger partial charge in [0.15, 0.2) is 11.1 Å². The van der Waals surface area contributed by atoms with E-state index >= 15 is 0 Å². The third kappa shape index (κ3) is 3.19. The molecule has 0 amide bonds. The number of anilines is 1. The summed E-state index contributed by atoms with van der Waals surface area (Å²) in [5.74, 6) is -1.29. The summed E-state index contributed by atoms with van der Waals surface area (Å²) in [6.07, 6.45) is 0. The largest absolute Gasteiger partial charge is 0.478 e. The van der Waals surface area contributed by atoms with Crippen molar-refractivity contribution in [2.75, 3.05) is 17.8 Å². The quantitative estimate of drug-likeness (QED) is 0.808. The molecule has 0 saturated heterocycles. The Balaban J connectivity index is 3.13. The summed E-state index contributed by atoms with van der Waals surface area (Å²) in [7, 11) is 1.52. The average Bonchev–Trinajstić information content (AvgIpc) is 2.15. The number of hydrogen-bond donors (Lipinski definition) is 2. The maximum absolute atomic E-state index is 10.9. The highest BCUT2D eigenvalue weighted by molar-refractivity contribution is 7.79. The Hall–Kier alpha value is -1.11. The first-order valence-electron chi connectivity index (χ1n) is 4.23. The van der Waals surface area contributed by atoms with E-state index in [1.54, 1.807) is 0 Å². The van der Waals surface area contributed by atoms with E-state index in [4.69, 9.17) is 21.3 Å². The first-order valence-corrected chi connectivity index (χ1v) is 5.88. The number of halogens is 1. The van der Waals surface area contributed by atoms with Crippen LogP contribution in [0, 0.1) is 0 Å². The van der Waals surface area contributed by atoms with Crippen LogP contribution >= 0.6 is 11.6 Å². The Kier molecular flexibility index (Phi) is 4.28. The van der Waals surface area contributed by atoms with Crippen LogP contribution in [0.1, 0.15) is 10.4 Å². The molecule has 0 fully saturated rings. The first-order chi connectivity index (χ1) is 7.41. The van der Waals surface area contributed by atoms with E-state index in [-0.39, 0.29) is 11.4 Å². The van der Waals surface area contributed by atoms with Gasteiger partial charge in [-0.3, -0.25) is 0 Å². The van der Waals surface area contributed by atoms with Crippen molar-refractivity contribution in [3.05, 3.63) is 28.8 Å². The number of hydrogen-bond acceptors (Lipinski definition) is 3. The van der Waals surface area contributed by atoms with Crippen LogP contribution in [0.2, 0.25) is 5.02 Å². The molecular formula is C9H10ClNO4S. The second kappa shape index (κ2) is 5.29. The fraction of sp³-hybridized carbons (Fsp3) is 0.222. The van der Waals surface area contributed by atoms with Crippen LogP contribution in [0.5, 0.6) is 0 Å². The Morgan fingerprint density at radius 3 is 2.69 bits per heavy atom. The molecule has 0 aliphatic carbocycles. The van der Waals surface area contributed by atoms with Gasteiger partial charge in [0.25, 0.3) is 0 Å². The summed E-state index contributed by atoms with van der Waals surface area (Å²) < 4.78 is 19.4. The van der Waals surface area contributed by atoms with Crippen LogP contribution in [-0.2, 0) is 11.1 Å². The number of benzene rings is 1. The van der Waals surface area contributed by atoms with Crippen LogP contribution < -0.4 is 4.90 Å². The molecule has 16 heavy (non-hydrogen) atoms.